The van der Waals surface area contributed by atoms with Gasteiger partial charge in [0.2, 0.25) is 0 Å². The van der Waals surface area contributed by atoms with Crippen molar-refractivity contribution < 1.29 is 0 Å². The number of rotatable bonds is 3. The van der Waals surface area contributed by atoms with Gasteiger partial charge < -0.3 is 4.57 Å². The Morgan fingerprint density at radius 2 is 1.84 bits per heavy atom. The maximum absolute atomic E-state index is 4.49. The molecule has 0 fully saturated rings. The van der Waals surface area contributed by atoms with Crippen molar-refractivity contribution in [2.75, 3.05) is 0 Å². The molecule has 2 heterocycles. The Kier molecular flexibility index (Phi) is 4.38. The van der Waals surface area contributed by atoms with E-state index in [0.29, 0.717) is 0 Å². The van der Waals surface area contributed by atoms with E-state index < -0.39 is 0 Å². The number of fused-ring (bicyclic) bond motifs is 1. The number of aryl methyl sites for hydroxylation is 3. The molecule has 0 bridgehead atoms. The molecule has 3 heteroatoms. The zero-order valence-corrected chi connectivity index (χ0v) is 12.6. The largest absolute Gasteiger partial charge is 0.332 e. The molecule has 0 amide bonds. The van der Waals surface area contributed by atoms with Crippen LogP contribution >= 0.6 is 17.0 Å². The third-order valence-electron chi connectivity index (χ3n) is 3.33. The Hall–Kier alpha value is -1.61. The number of benzene rings is 1. The Bertz CT molecular complexity index is 616. The van der Waals surface area contributed by atoms with Crippen molar-refractivity contribution in [1.82, 2.24) is 9.55 Å². The summed E-state index contributed by atoms with van der Waals surface area (Å²) in [5, 5.41) is 0. The molecule has 2 aliphatic heterocycles. The monoisotopic (exact) mass is 316 g/mol. The van der Waals surface area contributed by atoms with E-state index in [1.54, 1.807) is 0 Å². The Morgan fingerprint density at radius 3 is 2.63 bits per heavy atom. The second-order valence-electron chi connectivity index (χ2n) is 4.62. The first kappa shape index (κ1) is 13.8. The lowest BCUT2D eigenvalue weighted by Crippen LogP contribution is -2.05. The average molecular weight is 317 g/mol. The molecule has 98 valence electrons. The minimum absolute atomic E-state index is 0. The fraction of sp³-hybridized carbons (Fsp3) is 0.188. The summed E-state index contributed by atoms with van der Waals surface area (Å²) in [6.07, 6.45) is 5.10. The smallest absolute Gasteiger partial charge is 0.140 e. The number of pyridine rings is 1. The van der Waals surface area contributed by atoms with Gasteiger partial charge in [0.25, 0.3) is 0 Å². The highest BCUT2D eigenvalue weighted by atomic mass is 79.9. The minimum atomic E-state index is 0. The molecule has 1 aromatic carbocycles. The number of halogens is 1. The third-order valence-corrected chi connectivity index (χ3v) is 3.33. The van der Waals surface area contributed by atoms with Crippen molar-refractivity contribution in [2.45, 2.75) is 19.9 Å². The van der Waals surface area contributed by atoms with Gasteiger partial charge in [-0.2, -0.15) is 0 Å². The normalized spacial score (nSPS) is 10.4. The summed E-state index contributed by atoms with van der Waals surface area (Å²) in [6.45, 7) is 3.08. The van der Waals surface area contributed by atoms with Crippen molar-refractivity contribution in [1.29, 1.82) is 0 Å². The standard InChI is InChI=1S/C16H16N2.BrH/c1-13-12-17-16-15(13)8-5-10-18(16)11-9-14-6-3-2-4-7-14;/h2-8,10,12H,9,11H2,1H3;1H. The number of hydrogen-bond donors (Lipinski definition) is 0. The fourth-order valence-electron chi connectivity index (χ4n) is 2.30. The number of nitrogens with zero attached hydrogens (tertiary/aromatic N) is 2. The predicted molar refractivity (Wildman–Crippen MR) is 84.1 cm³/mol. The van der Waals surface area contributed by atoms with Crippen LogP contribution in [0.3, 0.4) is 0 Å². The van der Waals surface area contributed by atoms with Gasteiger partial charge in [-0.05, 0) is 36.6 Å². The summed E-state index contributed by atoms with van der Waals surface area (Å²) in [4.78, 5) is 4.49. The van der Waals surface area contributed by atoms with Crippen LogP contribution in [0.5, 0.6) is 0 Å². The molecule has 0 atom stereocenters. The second kappa shape index (κ2) is 6.02. The maximum atomic E-state index is 4.49. The van der Waals surface area contributed by atoms with Gasteiger partial charge in [-0.15, -0.1) is 17.0 Å². The molecule has 0 N–H and O–H groups in total. The molecule has 3 rings (SSSR count). The molecule has 2 nitrogen and oxygen atoms in total. The SMILES string of the molecule is Br.Cc1cnc2n(CCc3ccccc3)cccc1-2. The molecule has 0 aliphatic carbocycles. The van der Waals surface area contributed by atoms with E-state index in [4.69, 9.17) is 0 Å². The minimum Gasteiger partial charge on any atom is -0.332 e. The topological polar surface area (TPSA) is 17.8 Å². The second-order valence-corrected chi connectivity index (χ2v) is 4.62. The third kappa shape index (κ3) is 2.87. The summed E-state index contributed by atoms with van der Waals surface area (Å²) < 4.78 is 2.23. The molecule has 0 saturated carbocycles. The highest BCUT2D eigenvalue weighted by molar-refractivity contribution is 8.93. The Balaban J connectivity index is 0.00000133. The zero-order chi connectivity index (χ0) is 12.4. The lowest BCUT2D eigenvalue weighted by atomic mass is 10.1. The van der Waals surface area contributed by atoms with Crippen molar-refractivity contribution in [3.05, 3.63) is 66.0 Å². The number of hydrogen-bond acceptors (Lipinski definition) is 1. The van der Waals surface area contributed by atoms with Crippen molar-refractivity contribution in [3.63, 3.8) is 0 Å². The van der Waals surface area contributed by atoms with Crippen LogP contribution in [0.4, 0.5) is 0 Å². The first-order valence-corrected chi connectivity index (χ1v) is 6.29. The molecule has 0 aromatic heterocycles. The van der Waals surface area contributed by atoms with E-state index >= 15 is 0 Å². The van der Waals surface area contributed by atoms with E-state index in [9.17, 15) is 0 Å². The molecular weight excluding hydrogens is 300 g/mol. The van der Waals surface area contributed by atoms with E-state index in [0.717, 1.165) is 18.8 Å². The summed E-state index contributed by atoms with van der Waals surface area (Å²) in [5.74, 6) is 1.09. The van der Waals surface area contributed by atoms with E-state index in [1.807, 2.05) is 6.20 Å². The maximum Gasteiger partial charge on any atom is 0.140 e. The lowest BCUT2D eigenvalue weighted by Gasteiger charge is -2.11. The van der Waals surface area contributed by atoms with Crippen LogP contribution in [0.15, 0.2) is 54.9 Å². The highest BCUT2D eigenvalue weighted by Crippen LogP contribution is 2.24. The fourth-order valence-corrected chi connectivity index (χ4v) is 2.30. The van der Waals surface area contributed by atoms with Crippen molar-refractivity contribution >= 4 is 17.0 Å². The summed E-state index contributed by atoms with van der Waals surface area (Å²) in [6, 6.07) is 14.8. The van der Waals surface area contributed by atoms with Gasteiger partial charge in [-0.3, -0.25) is 0 Å². The molecule has 0 unspecified atom stereocenters. The average Bonchev–Trinajstić information content (AvgIpc) is 2.80. The summed E-state index contributed by atoms with van der Waals surface area (Å²) >= 11 is 0. The number of aromatic nitrogens is 2. The van der Waals surface area contributed by atoms with Gasteiger partial charge in [0.05, 0.1) is 0 Å². The van der Waals surface area contributed by atoms with Gasteiger partial charge >= 0.3 is 0 Å². The van der Waals surface area contributed by atoms with Gasteiger partial charge in [-0.25, -0.2) is 4.98 Å². The van der Waals surface area contributed by atoms with Gasteiger partial charge in [0, 0.05) is 24.5 Å². The van der Waals surface area contributed by atoms with Crippen LogP contribution in [0.25, 0.3) is 11.4 Å². The first-order valence-electron chi connectivity index (χ1n) is 6.29. The van der Waals surface area contributed by atoms with Crippen LogP contribution in [-0.4, -0.2) is 9.55 Å². The van der Waals surface area contributed by atoms with Crippen LogP contribution < -0.4 is 0 Å². The molecular formula is C16H17BrN2. The summed E-state index contributed by atoms with van der Waals surface area (Å²) in [5.41, 5.74) is 3.87. The molecule has 0 spiro atoms. The van der Waals surface area contributed by atoms with Crippen molar-refractivity contribution in [2.24, 2.45) is 0 Å². The van der Waals surface area contributed by atoms with Crippen LogP contribution in [0, 0.1) is 6.92 Å². The Labute approximate surface area is 124 Å². The highest BCUT2D eigenvalue weighted by Gasteiger charge is 2.10. The van der Waals surface area contributed by atoms with Crippen LogP contribution in [-0.2, 0) is 13.0 Å². The first-order chi connectivity index (χ1) is 8.84. The molecule has 1 aromatic rings. The van der Waals surface area contributed by atoms with Gasteiger partial charge in [0.15, 0.2) is 0 Å². The van der Waals surface area contributed by atoms with E-state index in [2.05, 4.69) is 65.1 Å². The van der Waals surface area contributed by atoms with Crippen LogP contribution in [0.1, 0.15) is 11.1 Å². The molecule has 2 aliphatic rings. The molecule has 19 heavy (non-hydrogen) atoms. The molecule has 0 radical (unpaired) electrons. The Morgan fingerprint density at radius 1 is 1.05 bits per heavy atom. The van der Waals surface area contributed by atoms with Gasteiger partial charge in [-0.1, -0.05) is 30.3 Å². The summed E-state index contributed by atoms with van der Waals surface area (Å²) in [7, 11) is 0. The van der Waals surface area contributed by atoms with Crippen molar-refractivity contribution in [3.8, 4) is 11.4 Å². The van der Waals surface area contributed by atoms with Crippen LogP contribution in [0.2, 0.25) is 0 Å². The lowest BCUT2D eigenvalue weighted by molar-refractivity contribution is 0.689. The zero-order valence-electron chi connectivity index (χ0n) is 10.9. The van der Waals surface area contributed by atoms with E-state index in [-0.39, 0.29) is 17.0 Å². The van der Waals surface area contributed by atoms with E-state index in [1.165, 1.54) is 16.7 Å². The van der Waals surface area contributed by atoms with Gasteiger partial charge in [0.1, 0.15) is 5.82 Å². The molecule has 0 saturated heterocycles. The quantitative estimate of drug-likeness (QED) is 0.710. The predicted octanol–water partition coefficient (Wildman–Crippen LogP) is 4.12.